The van der Waals surface area contributed by atoms with Crippen LogP contribution in [0.5, 0.6) is 11.5 Å². The Balaban J connectivity index is 1.83. The molecule has 0 atom stereocenters. The van der Waals surface area contributed by atoms with Crippen molar-refractivity contribution in [2.45, 2.75) is 0 Å². The average molecular weight is 415 g/mol. The van der Waals surface area contributed by atoms with Gasteiger partial charge >= 0.3 is 0 Å². The van der Waals surface area contributed by atoms with Crippen LogP contribution < -0.4 is 4.74 Å². The molecule has 0 spiro atoms. The Bertz CT molecular complexity index is 1260. The van der Waals surface area contributed by atoms with E-state index < -0.39 is 10.8 Å². The summed E-state index contributed by atoms with van der Waals surface area (Å²) < 4.78 is 6.35. The van der Waals surface area contributed by atoms with E-state index in [1.54, 1.807) is 60.7 Å². The molecule has 1 N–H and O–H groups in total. The highest BCUT2D eigenvalue weighted by molar-refractivity contribution is 5.98. The number of benzene rings is 3. The monoisotopic (exact) mass is 415 g/mol. The van der Waals surface area contributed by atoms with Crippen molar-refractivity contribution in [3.05, 3.63) is 94.5 Å². The van der Waals surface area contributed by atoms with Crippen molar-refractivity contribution < 1.29 is 19.6 Å². The van der Waals surface area contributed by atoms with Gasteiger partial charge < -0.3 is 9.84 Å². The zero-order chi connectivity index (χ0) is 22.0. The van der Waals surface area contributed by atoms with E-state index in [-0.39, 0.29) is 11.4 Å². The molecule has 0 aliphatic carbocycles. The van der Waals surface area contributed by atoms with Crippen LogP contribution in [0.25, 0.3) is 22.5 Å². The standard InChI is InChI=1S/C23H17N3O5/c1-31-18-12-8-16(9-13-18)23(28)25-21(19-4-2-3-5-22(19)27)14-20(24-25)15-6-10-17(11-7-15)26(29)30/h2-14,27H,1H3. The van der Waals surface area contributed by atoms with Crippen molar-refractivity contribution in [3.63, 3.8) is 0 Å². The van der Waals surface area contributed by atoms with Gasteiger partial charge in [0.05, 0.1) is 23.4 Å². The predicted molar refractivity (Wildman–Crippen MR) is 114 cm³/mol. The third kappa shape index (κ3) is 3.86. The molecule has 0 aliphatic rings. The van der Waals surface area contributed by atoms with Gasteiger partial charge in [-0.25, -0.2) is 0 Å². The fourth-order valence-corrected chi connectivity index (χ4v) is 3.17. The highest BCUT2D eigenvalue weighted by Gasteiger charge is 2.20. The number of rotatable bonds is 5. The Kier molecular flexibility index (Phi) is 5.19. The summed E-state index contributed by atoms with van der Waals surface area (Å²) in [4.78, 5) is 23.7. The molecule has 1 aromatic heterocycles. The number of carbonyl (C=O) groups is 1. The maximum Gasteiger partial charge on any atom is 0.278 e. The Morgan fingerprint density at radius 3 is 2.32 bits per heavy atom. The summed E-state index contributed by atoms with van der Waals surface area (Å²) in [6.07, 6.45) is 0. The van der Waals surface area contributed by atoms with Crippen molar-refractivity contribution in [1.29, 1.82) is 0 Å². The van der Waals surface area contributed by atoms with E-state index >= 15 is 0 Å². The average Bonchev–Trinajstić information content (AvgIpc) is 3.24. The van der Waals surface area contributed by atoms with E-state index in [2.05, 4.69) is 5.10 Å². The molecule has 4 rings (SSSR count). The molecule has 0 aliphatic heterocycles. The smallest absolute Gasteiger partial charge is 0.278 e. The van der Waals surface area contributed by atoms with Gasteiger partial charge in [0.15, 0.2) is 0 Å². The van der Waals surface area contributed by atoms with Crippen LogP contribution in [0.3, 0.4) is 0 Å². The number of carbonyl (C=O) groups excluding carboxylic acids is 1. The number of non-ortho nitro benzene ring substituents is 1. The molecule has 1 heterocycles. The van der Waals surface area contributed by atoms with Crippen LogP contribution in [0, 0.1) is 10.1 Å². The lowest BCUT2D eigenvalue weighted by molar-refractivity contribution is -0.384. The van der Waals surface area contributed by atoms with Crippen molar-refractivity contribution in [2.75, 3.05) is 7.11 Å². The molecular formula is C23H17N3O5. The van der Waals surface area contributed by atoms with Crippen molar-refractivity contribution in [3.8, 4) is 34.0 Å². The lowest BCUT2D eigenvalue weighted by Gasteiger charge is -2.08. The summed E-state index contributed by atoms with van der Waals surface area (Å²) in [5, 5.41) is 25.7. The summed E-state index contributed by atoms with van der Waals surface area (Å²) in [7, 11) is 1.54. The molecule has 154 valence electrons. The molecule has 4 aromatic rings. The lowest BCUT2D eigenvalue weighted by atomic mass is 10.1. The molecule has 0 amide bonds. The van der Waals surface area contributed by atoms with Crippen LogP contribution in [0.4, 0.5) is 5.69 Å². The number of nitro groups is 1. The number of methoxy groups -OCH3 is 1. The summed E-state index contributed by atoms with van der Waals surface area (Å²) in [5.41, 5.74) is 2.21. The lowest BCUT2D eigenvalue weighted by Crippen LogP contribution is -2.15. The first-order valence-electron chi connectivity index (χ1n) is 9.30. The number of ether oxygens (including phenoxy) is 1. The molecule has 8 heteroatoms. The van der Waals surface area contributed by atoms with Crippen LogP contribution in [0.1, 0.15) is 10.4 Å². The molecule has 0 saturated heterocycles. The minimum Gasteiger partial charge on any atom is -0.507 e. The summed E-state index contributed by atoms with van der Waals surface area (Å²) in [6, 6.07) is 20.8. The minimum atomic E-state index is -0.483. The third-order valence-electron chi connectivity index (χ3n) is 4.79. The minimum absolute atomic E-state index is 0.00132. The number of nitro benzene ring substituents is 1. The van der Waals surface area contributed by atoms with E-state index in [1.807, 2.05) is 0 Å². The Morgan fingerprint density at radius 2 is 1.71 bits per heavy atom. The zero-order valence-electron chi connectivity index (χ0n) is 16.4. The van der Waals surface area contributed by atoms with E-state index in [1.165, 1.54) is 30.0 Å². The van der Waals surface area contributed by atoms with Crippen molar-refractivity contribution in [1.82, 2.24) is 9.78 Å². The predicted octanol–water partition coefficient (Wildman–Crippen LogP) is 4.53. The molecule has 0 fully saturated rings. The number of aromatic hydroxyl groups is 1. The number of phenols is 1. The maximum atomic E-state index is 13.2. The van der Waals surface area contributed by atoms with E-state index in [0.29, 0.717) is 33.8 Å². The summed E-state index contributed by atoms with van der Waals surface area (Å²) in [6.45, 7) is 0. The Labute approximate surface area is 177 Å². The number of para-hydroxylation sites is 1. The van der Waals surface area contributed by atoms with E-state index in [0.717, 1.165) is 0 Å². The SMILES string of the molecule is COc1ccc(C(=O)n2nc(-c3ccc([N+](=O)[O-])cc3)cc2-c2ccccc2O)cc1. The van der Waals surface area contributed by atoms with Crippen molar-refractivity contribution >= 4 is 11.6 Å². The summed E-state index contributed by atoms with van der Waals surface area (Å²) in [5.74, 6) is 0.222. The topological polar surface area (TPSA) is 107 Å². The van der Waals surface area contributed by atoms with Gasteiger partial charge in [-0.2, -0.15) is 9.78 Å². The second-order valence-corrected chi connectivity index (χ2v) is 6.68. The van der Waals surface area contributed by atoms with Crippen LogP contribution in [-0.4, -0.2) is 32.8 Å². The van der Waals surface area contributed by atoms with Gasteiger partial charge in [-0.3, -0.25) is 14.9 Å². The number of phenolic OH excluding ortho intramolecular Hbond substituents is 1. The highest BCUT2D eigenvalue weighted by Crippen LogP contribution is 2.33. The fourth-order valence-electron chi connectivity index (χ4n) is 3.17. The first kappa shape index (κ1) is 19.8. The van der Waals surface area contributed by atoms with Gasteiger partial charge in [0.2, 0.25) is 0 Å². The van der Waals surface area contributed by atoms with Gasteiger partial charge in [0.1, 0.15) is 11.5 Å². The van der Waals surface area contributed by atoms with Gasteiger partial charge in [-0.05, 0) is 54.6 Å². The normalized spacial score (nSPS) is 10.6. The maximum absolute atomic E-state index is 13.2. The van der Waals surface area contributed by atoms with Gasteiger partial charge in [0, 0.05) is 28.8 Å². The molecule has 3 aromatic carbocycles. The number of hydrogen-bond acceptors (Lipinski definition) is 6. The second kappa shape index (κ2) is 8.11. The fraction of sp³-hybridized carbons (Fsp3) is 0.0435. The van der Waals surface area contributed by atoms with Crippen LogP contribution in [0.15, 0.2) is 78.9 Å². The number of hydrogen-bond donors (Lipinski definition) is 1. The Hall–Kier alpha value is -4.46. The molecule has 0 radical (unpaired) electrons. The van der Waals surface area contributed by atoms with Gasteiger partial charge in [0.25, 0.3) is 11.6 Å². The molecule has 31 heavy (non-hydrogen) atoms. The summed E-state index contributed by atoms with van der Waals surface area (Å²) >= 11 is 0. The van der Waals surface area contributed by atoms with Crippen molar-refractivity contribution in [2.24, 2.45) is 0 Å². The van der Waals surface area contributed by atoms with E-state index in [4.69, 9.17) is 4.74 Å². The number of aromatic nitrogens is 2. The zero-order valence-corrected chi connectivity index (χ0v) is 16.4. The highest BCUT2D eigenvalue weighted by atomic mass is 16.6. The molecule has 0 saturated carbocycles. The van der Waals surface area contributed by atoms with Crippen LogP contribution in [-0.2, 0) is 0 Å². The van der Waals surface area contributed by atoms with Crippen LogP contribution >= 0.6 is 0 Å². The first-order chi connectivity index (χ1) is 15.0. The first-order valence-corrected chi connectivity index (χ1v) is 9.30. The largest absolute Gasteiger partial charge is 0.507 e. The van der Waals surface area contributed by atoms with Gasteiger partial charge in [-0.15, -0.1) is 0 Å². The Morgan fingerprint density at radius 1 is 1.03 bits per heavy atom. The molecule has 0 bridgehead atoms. The number of nitrogens with zero attached hydrogens (tertiary/aromatic N) is 3. The molecule has 0 unspecified atom stereocenters. The second-order valence-electron chi connectivity index (χ2n) is 6.68. The van der Waals surface area contributed by atoms with Crippen LogP contribution in [0.2, 0.25) is 0 Å². The van der Waals surface area contributed by atoms with E-state index in [9.17, 15) is 20.0 Å². The third-order valence-corrected chi connectivity index (χ3v) is 4.79. The quantitative estimate of drug-likeness (QED) is 0.379. The molecule has 8 nitrogen and oxygen atoms in total. The van der Waals surface area contributed by atoms with Gasteiger partial charge in [-0.1, -0.05) is 12.1 Å². The molecular weight excluding hydrogens is 398 g/mol.